The van der Waals surface area contributed by atoms with Crippen LogP contribution in [0.25, 0.3) is 0 Å². The summed E-state index contributed by atoms with van der Waals surface area (Å²) in [7, 11) is 0. The van der Waals surface area contributed by atoms with Crippen molar-refractivity contribution in [2.24, 2.45) is 0 Å². The molecular formula is C58H98O6. The normalized spacial score (nSPS) is 12.7. The molecule has 0 N–H and O–H groups in total. The second-order valence-electron chi connectivity index (χ2n) is 17.4. The molecule has 0 fully saturated rings. The number of ether oxygens (including phenoxy) is 3. The molecule has 0 aliphatic rings. The first kappa shape index (κ1) is 60.6. The molecule has 0 spiro atoms. The molecule has 0 saturated heterocycles. The minimum absolute atomic E-state index is 0.0997. The van der Waals surface area contributed by atoms with Crippen molar-refractivity contribution in [3.05, 3.63) is 85.1 Å². The van der Waals surface area contributed by atoms with Gasteiger partial charge in [0, 0.05) is 19.3 Å². The lowest BCUT2D eigenvalue weighted by Crippen LogP contribution is -2.30. The highest BCUT2D eigenvalue weighted by atomic mass is 16.6. The zero-order chi connectivity index (χ0) is 46.5. The summed E-state index contributed by atoms with van der Waals surface area (Å²) in [6.45, 7) is 6.43. The summed E-state index contributed by atoms with van der Waals surface area (Å²) in [5.74, 6) is -0.993. The predicted octanol–water partition coefficient (Wildman–Crippen LogP) is 17.6. The van der Waals surface area contributed by atoms with Crippen LogP contribution in [0.3, 0.4) is 0 Å². The molecule has 366 valence electrons. The van der Waals surface area contributed by atoms with Gasteiger partial charge in [-0.2, -0.15) is 0 Å². The Balaban J connectivity index is 4.39. The molecule has 0 bridgehead atoms. The van der Waals surface area contributed by atoms with E-state index in [0.29, 0.717) is 19.3 Å². The molecule has 6 nitrogen and oxygen atoms in total. The quantitative estimate of drug-likeness (QED) is 0.0262. The third-order valence-corrected chi connectivity index (χ3v) is 11.1. The topological polar surface area (TPSA) is 78.9 Å². The van der Waals surface area contributed by atoms with Gasteiger partial charge < -0.3 is 14.2 Å². The average molecular weight is 891 g/mol. The Kier molecular flexibility index (Phi) is 49.4. The van der Waals surface area contributed by atoms with Crippen molar-refractivity contribution in [1.29, 1.82) is 0 Å². The molecule has 0 aromatic heterocycles. The smallest absolute Gasteiger partial charge is 0.306 e. The van der Waals surface area contributed by atoms with Gasteiger partial charge in [0.25, 0.3) is 0 Å². The molecule has 64 heavy (non-hydrogen) atoms. The highest BCUT2D eigenvalue weighted by molar-refractivity contribution is 5.71. The number of hydrogen-bond donors (Lipinski definition) is 0. The fraction of sp³-hybridized carbons (Fsp3) is 0.707. The van der Waals surface area contributed by atoms with Crippen LogP contribution in [0.15, 0.2) is 85.1 Å². The molecular weight excluding hydrogens is 793 g/mol. The Bertz CT molecular complexity index is 1250. The average Bonchev–Trinajstić information content (AvgIpc) is 3.29. The van der Waals surface area contributed by atoms with Crippen LogP contribution in [-0.2, 0) is 28.6 Å². The maximum atomic E-state index is 12.8. The van der Waals surface area contributed by atoms with Gasteiger partial charge in [0.05, 0.1) is 0 Å². The van der Waals surface area contributed by atoms with E-state index in [1.165, 1.54) is 122 Å². The summed E-state index contributed by atoms with van der Waals surface area (Å²) in [5, 5.41) is 0. The lowest BCUT2D eigenvalue weighted by molar-refractivity contribution is -0.166. The molecule has 0 aliphatic heterocycles. The summed E-state index contributed by atoms with van der Waals surface area (Å²) in [5.41, 5.74) is 0. The van der Waals surface area contributed by atoms with Gasteiger partial charge in [-0.05, 0) is 83.5 Å². The van der Waals surface area contributed by atoms with Crippen molar-refractivity contribution >= 4 is 17.9 Å². The fourth-order valence-corrected chi connectivity index (χ4v) is 7.17. The third-order valence-electron chi connectivity index (χ3n) is 11.1. The first-order valence-electron chi connectivity index (χ1n) is 26.6. The largest absolute Gasteiger partial charge is 0.462 e. The number of hydrogen-bond acceptors (Lipinski definition) is 6. The summed E-state index contributed by atoms with van der Waals surface area (Å²) in [4.78, 5) is 37.9. The Morgan fingerprint density at radius 1 is 0.328 bits per heavy atom. The standard InChI is InChI=1S/C58H98O6/c1-4-7-10-13-16-19-21-23-25-27-29-31-33-35-37-39-42-45-48-51-57(60)63-54-55(53-62-56(59)50-47-44-41-18-15-12-9-6-3)64-58(61)52-49-46-43-40-38-36-34-32-30-28-26-24-22-20-17-14-11-8-5-2/h7,10,16,19,23-26,29,31,35,37,42,45,55H,4-6,8-9,11-15,17-18,20-22,27-28,30,32-34,36,38-41,43-44,46-54H2,1-3H3/b10-7-,19-16-,25-23-,26-24-,31-29-,37-35-,45-42-. The summed E-state index contributed by atoms with van der Waals surface area (Å²) in [6, 6.07) is 0. The van der Waals surface area contributed by atoms with E-state index in [1.54, 1.807) is 0 Å². The van der Waals surface area contributed by atoms with Crippen LogP contribution in [0, 0.1) is 0 Å². The van der Waals surface area contributed by atoms with E-state index in [0.717, 1.165) is 77.0 Å². The fourth-order valence-electron chi connectivity index (χ4n) is 7.17. The van der Waals surface area contributed by atoms with Crippen molar-refractivity contribution in [3.8, 4) is 0 Å². The lowest BCUT2D eigenvalue weighted by Gasteiger charge is -2.18. The van der Waals surface area contributed by atoms with Gasteiger partial charge in [-0.25, -0.2) is 0 Å². The number of esters is 3. The zero-order valence-electron chi connectivity index (χ0n) is 41.8. The molecule has 6 heteroatoms. The molecule has 0 rings (SSSR count). The van der Waals surface area contributed by atoms with E-state index in [1.807, 2.05) is 6.08 Å². The van der Waals surface area contributed by atoms with Gasteiger partial charge in [0.1, 0.15) is 13.2 Å². The number of unbranched alkanes of at least 4 members (excludes halogenated alkanes) is 22. The molecule has 1 unspecified atom stereocenters. The molecule has 0 radical (unpaired) electrons. The Morgan fingerprint density at radius 3 is 1.05 bits per heavy atom. The zero-order valence-corrected chi connectivity index (χ0v) is 41.8. The van der Waals surface area contributed by atoms with Gasteiger partial charge in [-0.3, -0.25) is 14.4 Å². The second kappa shape index (κ2) is 52.2. The van der Waals surface area contributed by atoms with E-state index < -0.39 is 6.10 Å². The van der Waals surface area contributed by atoms with Gasteiger partial charge in [0.2, 0.25) is 0 Å². The number of rotatable bonds is 47. The minimum Gasteiger partial charge on any atom is -0.462 e. The van der Waals surface area contributed by atoms with Gasteiger partial charge in [-0.15, -0.1) is 0 Å². The monoisotopic (exact) mass is 891 g/mol. The first-order chi connectivity index (χ1) is 31.5. The van der Waals surface area contributed by atoms with Gasteiger partial charge >= 0.3 is 17.9 Å². The summed E-state index contributed by atoms with van der Waals surface area (Å²) < 4.78 is 16.7. The molecule has 0 saturated carbocycles. The summed E-state index contributed by atoms with van der Waals surface area (Å²) >= 11 is 0. The molecule has 0 aliphatic carbocycles. The molecule has 0 amide bonds. The highest BCUT2D eigenvalue weighted by Gasteiger charge is 2.19. The van der Waals surface area contributed by atoms with Crippen molar-refractivity contribution < 1.29 is 28.6 Å². The highest BCUT2D eigenvalue weighted by Crippen LogP contribution is 2.14. The maximum absolute atomic E-state index is 12.8. The molecule has 0 heterocycles. The van der Waals surface area contributed by atoms with E-state index in [2.05, 4.69) is 99.8 Å². The summed E-state index contributed by atoms with van der Waals surface area (Å²) in [6.07, 6.45) is 67.3. The van der Waals surface area contributed by atoms with Crippen LogP contribution in [0.5, 0.6) is 0 Å². The van der Waals surface area contributed by atoms with E-state index in [9.17, 15) is 14.4 Å². The van der Waals surface area contributed by atoms with E-state index in [-0.39, 0.29) is 37.5 Å². The van der Waals surface area contributed by atoms with Crippen molar-refractivity contribution in [3.63, 3.8) is 0 Å². The van der Waals surface area contributed by atoms with Crippen LogP contribution in [0.2, 0.25) is 0 Å². The second-order valence-corrected chi connectivity index (χ2v) is 17.4. The van der Waals surface area contributed by atoms with E-state index >= 15 is 0 Å². The van der Waals surface area contributed by atoms with E-state index in [4.69, 9.17) is 14.2 Å². The first-order valence-corrected chi connectivity index (χ1v) is 26.6. The number of carbonyl (C=O) groups excluding carboxylic acids is 3. The molecule has 0 aromatic rings. The predicted molar refractivity (Wildman–Crippen MR) is 274 cm³/mol. The maximum Gasteiger partial charge on any atom is 0.306 e. The van der Waals surface area contributed by atoms with Crippen molar-refractivity contribution in [1.82, 2.24) is 0 Å². The van der Waals surface area contributed by atoms with Gasteiger partial charge in [-0.1, -0.05) is 228 Å². The SMILES string of the molecule is CC/C=C\C/C=C\C/C=C\C/C=C\C/C=C\C/C=C\CCC(=O)OCC(COC(=O)CCCCCCCCCC)OC(=O)CCCCCCCCCCC/C=C\CCCCCCCC. The van der Waals surface area contributed by atoms with Crippen molar-refractivity contribution in [2.45, 2.75) is 252 Å². The van der Waals surface area contributed by atoms with Crippen molar-refractivity contribution in [2.75, 3.05) is 13.2 Å². The van der Waals surface area contributed by atoms with Gasteiger partial charge in [0.15, 0.2) is 6.10 Å². The van der Waals surface area contributed by atoms with Crippen LogP contribution in [0.1, 0.15) is 245 Å². The number of carbonyl (C=O) groups is 3. The van der Waals surface area contributed by atoms with Crippen LogP contribution in [0.4, 0.5) is 0 Å². The Hall–Kier alpha value is -3.41. The molecule has 0 aromatic carbocycles. The van der Waals surface area contributed by atoms with Crippen LogP contribution >= 0.6 is 0 Å². The number of allylic oxidation sites excluding steroid dienone is 14. The minimum atomic E-state index is -0.805. The Morgan fingerprint density at radius 2 is 0.641 bits per heavy atom. The molecule has 1 atom stereocenters. The van der Waals surface area contributed by atoms with Crippen LogP contribution < -0.4 is 0 Å². The Labute approximate surface area is 395 Å². The lowest BCUT2D eigenvalue weighted by atomic mass is 10.1. The van der Waals surface area contributed by atoms with Crippen LogP contribution in [-0.4, -0.2) is 37.2 Å². The third kappa shape index (κ3) is 49.6.